The van der Waals surface area contributed by atoms with E-state index in [4.69, 9.17) is 10.7 Å². The summed E-state index contributed by atoms with van der Waals surface area (Å²) in [5, 5.41) is 22.5. The standard InChI is InChI=1S/C49H57FN10O4/c1-30-23-38(31(2)22-37(30)33-6-5-16-58(27-33)42-25-41(54-55-45(42)51)36-7-3-4-8-43(36)61)47(63)57-20-14-49(50,15-21-57)29-56-17-11-34(12-18-56)60-28-40(32-9-10-32)39-24-35(26-52-46(39)60)59-19-13-44(62)53-48(59)64/h3-4,7-8,22-26,28,32-34,61H,5-6,9-21,27,29H2,1-2H3,(H2,51,55)(H,53,62,64)/t33-/m0/s1. The maximum atomic E-state index is 16.6. The van der Waals surface area contributed by atoms with Crippen LogP contribution >= 0.6 is 0 Å². The average Bonchev–Trinajstić information content (AvgIpc) is 4.07. The molecule has 2 aromatic carbocycles. The zero-order valence-electron chi connectivity index (χ0n) is 36.7. The largest absolute Gasteiger partial charge is 0.507 e. The van der Waals surface area contributed by atoms with Crippen LogP contribution in [0.2, 0.25) is 0 Å². The number of para-hydroxylation sites is 1. The Morgan fingerprint density at radius 2 is 1.69 bits per heavy atom. The molecule has 3 aromatic heterocycles. The maximum Gasteiger partial charge on any atom is 0.328 e. The Bertz CT molecular complexity index is 2630. The average molecular weight is 869 g/mol. The van der Waals surface area contributed by atoms with Gasteiger partial charge in [0.1, 0.15) is 17.1 Å². The second kappa shape index (κ2) is 16.8. The first-order valence-corrected chi connectivity index (χ1v) is 23.0. The number of imide groups is 1. The van der Waals surface area contributed by atoms with Gasteiger partial charge in [-0.3, -0.25) is 19.8 Å². The number of hydrogen-bond acceptors (Lipinski definition) is 10. The molecule has 7 heterocycles. The van der Waals surface area contributed by atoms with Gasteiger partial charge in [-0.05, 0) is 111 Å². The van der Waals surface area contributed by atoms with Gasteiger partial charge < -0.3 is 30.1 Å². The highest BCUT2D eigenvalue weighted by atomic mass is 19.1. The molecule has 0 bridgehead atoms. The van der Waals surface area contributed by atoms with Crippen molar-refractivity contribution in [1.29, 1.82) is 0 Å². The van der Waals surface area contributed by atoms with Crippen LogP contribution in [0.5, 0.6) is 5.75 Å². The summed E-state index contributed by atoms with van der Waals surface area (Å²) in [5.41, 5.74) is 13.8. The summed E-state index contributed by atoms with van der Waals surface area (Å²) in [6.07, 6.45) is 10.9. The van der Waals surface area contributed by atoms with Gasteiger partial charge in [-0.15, -0.1) is 10.2 Å². The lowest BCUT2D eigenvalue weighted by Crippen LogP contribution is -2.51. The number of nitrogens with one attached hydrogen (secondary N) is 1. The van der Waals surface area contributed by atoms with E-state index < -0.39 is 11.7 Å². The molecule has 4 amide bonds. The number of pyridine rings is 1. The van der Waals surface area contributed by atoms with E-state index in [1.165, 1.54) is 11.1 Å². The van der Waals surface area contributed by atoms with E-state index in [9.17, 15) is 19.5 Å². The number of rotatable bonds is 9. The van der Waals surface area contributed by atoms with Crippen molar-refractivity contribution in [2.45, 2.75) is 95.2 Å². The van der Waals surface area contributed by atoms with Gasteiger partial charge in [-0.1, -0.05) is 18.2 Å². The van der Waals surface area contributed by atoms with E-state index in [-0.39, 0.29) is 35.9 Å². The van der Waals surface area contributed by atoms with Gasteiger partial charge in [0.15, 0.2) is 5.82 Å². The second-order valence-electron chi connectivity index (χ2n) is 18.9. The zero-order valence-corrected chi connectivity index (χ0v) is 36.7. The summed E-state index contributed by atoms with van der Waals surface area (Å²) in [6.45, 7) is 8.69. The van der Waals surface area contributed by atoms with Crippen LogP contribution in [0.4, 0.5) is 26.4 Å². The van der Waals surface area contributed by atoms with Crippen molar-refractivity contribution in [2.75, 3.05) is 67.9 Å². The maximum absolute atomic E-state index is 16.6. The number of fused-ring (bicyclic) bond motifs is 1. The highest BCUT2D eigenvalue weighted by molar-refractivity contribution is 6.06. The fourth-order valence-corrected chi connectivity index (χ4v) is 10.7. The number of likely N-dealkylation sites (tertiary alicyclic amines) is 2. The number of amides is 4. The number of nitrogens with two attached hydrogens (primary N) is 1. The molecular formula is C49H57FN10O4. The van der Waals surface area contributed by atoms with Crippen molar-refractivity contribution < 1.29 is 23.9 Å². The molecule has 10 rings (SSSR count). The number of urea groups is 1. The molecule has 1 atom stereocenters. The van der Waals surface area contributed by atoms with E-state index in [2.05, 4.69) is 55.1 Å². The summed E-state index contributed by atoms with van der Waals surface area (Å²) in [5.74, 6) is 0.915. The predicted octanol–water partition coefficient (Wildman–Crippen LogP) is 7.39. The van der Waals surface area contributed by atoms with Gasteiger partial charge in [-0.25, -0.2) is 14.2 Å². The first-order valence-electron chi connectivity index (χ1n) is 23.0. The number of benzene rings is 2. The van der Waals surface area contributed by atoms with E-state index in [0.717, 1.165) is 92.6 Å². The topological polar surface area (TPSA) is 166 Å². The van der Waals surface area contributed by atoms with Gasteiger partial charge >= 0.3 is 6.03 Å². The minimum Gasteiger partial charge on any atom is -0.507 e. The Morgan fingerprint density at radius 1 is 0.906 bits per heavy atom. The molecule has 0 spiro atoms. The molecule has 0 unspecified atom stereocenters. The molecule has 4 saturated heterocycles. The Labute approximate surface area is 372 Å². The number of phenolic OH excluding ortho intramolecular Hbond substituents is 1. The number of alkyl halides is 1. The summed E-state index contributed by atoms with van der Waals surface area (Å²) in [6, 6.07) is 15.1. The number of anilines is 3. The fourth-order valence-electron chi connectivity index (χ4n) is 10.7. The molecule has 15 heteroatoms. The number of nitrogens with zero attached hydrogens (tertiary/aromatic N) is 8. The summed E-state index contributed by atoms with van der Waals surface area (Å²) in [7, 11) is 0. The number of aromatic hydroxyl groups is 1. The van der Waals surface area contributed by atoms with Gasteiger partial charge in [0, 0.05) is 106 Å². The molecule has 1 saturated carbocycles. The SMILES string of the molecule is Cc1cc([C@H]2CCCN(c3cc(-c4ccccc4O)nnc3N)C2)c(C)cc1C(=O)N1CCC(F)(CN2CCC(n3cc(C4CC4)c4cc(N5CCC(=O)NC5=O)cnc43)CC2)CC1. The molecular weight excluding hydrogens is 812 g/mol. The van der Waals surface area contributed by atoms with Crippen LogP contribution in [0.15, 0.2) is 60.9 Å². The molecule has 64 heavy (non-hydrogen) atoms. The Balaban J connectivity index is 0.750. The van der Waals surface area contributed by atoms with E-state index >= 15 is 4.39 Å². The lowest BCUT2D eigenvalue weighted by Gasteiger charge is -2.41. The normalized spacial score (nSPS) is 21.1. The predicted molar refractivity (Wildman–Crippen MR) is 245 cm³/mol. The van der Waals surface area contributed by atoms with Crippen LogP contribution in [0.25, 0.3) is 22.3 Å². The van der Waals surface area contributed by atoms with Crippen molar-refractivity contribution >= 4 is 46.1 Å². The Kier molecular flexibility index (Phi) is 11.0. The number of phenols is 1. The summed E-state index contributed by atoms with van der Waals surface area (Å²) < 4.78 is 18.9. The van der Waals surface area contributed by atoms with Crippen molar-refractivity contribution in [1.82, 2.24) is 34.9 Å². The molecule has 5 fully saturated rings. The molecule has 1 aliphatic carbocycles. The Morgan fingerprint density at radius 3 is 2.44 bits per heavy atom. The number of nitrogen functional groups attached to an aromatic ring is 1. The van der Waals surface area contributed by atoms with E-state index in [1.54, 1.807) is 23.2 Å². The van der Waals surface area contributed by atoms with Crippen molar-refractivity contribution in [3.8, 4) is 17.0 Å². The molecule has 14 nitrogen and oxygen atoms in total. The fraction of sp³-hybridized carbons (Fsp3) is 0.469. The number of aryl methyl sites for hydroxylation is 2. The zero-order chi connectivity index (χ0) is 44.3. The molecule has 0 radical (unpaired) electrons. The lowest BCUT2D eigenvalue weighted by atomic mass is 9.85. The number of carbonyl (C=O) groups is 3. The van der Waals surface area contributed by atoms with Crippen LogP contribution in [-0.2, 0) is 4.79 Å². The van der Waals surface area contributed by atoms with Crippen molar-refractivity contribution in [2.24, 2.45) is 0 Å². The van der Waals surface area contributed by atoms with Crippen LogP contribution in [-0.4, -0.2) is 111 Å². The minimum atomic E-state index is -1.36. The number of aromatic nitrogens is 4. The molecule has 5 aromatic rings. The van der Waals surface area contributed by atoms with Gasteiger partial charge in [-0.2, -0.15) is 0 Å². The summed E-state index contributed by atoms with van der Waals surface area (Å²) in [4.78, 5) is 51.2. The highest BCUT2D eigenvalue weighted by Crippen LogP contribution is 2.46. The van der Waals surface area contributed by atoms with Gasteiger partial charge in [0.25, 0.3) is 5.91 Å². The van der Waals surface area contributed by atoms with Crippen LogP contribution in [0, 0.1) is 13.8 Å². The third-order valence-corrected chi connectivity index (χ3v) is 14.5. The van der Waals surface area contributed by atoms with Gasteiger partial charge in [0.05, 0.1) is 23.3 Å². The number of piperidine rings is 3. The lowest BCUT2D eigenvalue weighted by molar-refractivity contribution is -0.120. The third-order valence-electron chi connectivity index (χ3n) is 14.5. The minimum absolute atomic E-state index is 0.0350. The Hall–Kier alpha value is -6.09. The smallest absolute Gasteiger partial charge is 0.328 e. The molecule has 334 valence electrons. The van der Waals surface area contributed by atoms with Gasteiger partial charge in [0.2, 0.25) is 5.91 Å². The third kappa shape index (κ3) is 8.14. The molecule has 5 aliphatic rings. The van der Waals surface area contributed by atoms with E-state index in [0.29, 0.717) is 73.3 Å². The number of hydrogen-bond donors (Lipinski definition) is 3. The molecule has 4 N–H and O–H groups in total. The summed E-state index contributed by atoms with van der Waals surface area (Å²) >= 11 is 0. The first kappa shape index (κ1) is 41.9. The van der Waals surface area contributed by atoms with Crippen LogP contribution in [0.1, 0.15) is 108 Å². The van der Waals surface area contributed by atoms with Crippen LogP contribution < -0.4 is 20.9 Å². The monoisotopic (exact) mass is 868 g/mol. The van der Waals surface area contributed by atoms with Crippen molar-refractivity contribution in [3.63, 3.8) is 0 Å². The first-order chi connectivity index (χ1) is 30.9. The van der Waals surface area contributed by atoms with Crippen LogP contribution in [0.3, 0.4) is 0 Å². The van der Waals surface area contributed by atoms with E-state index in [1.807, 2.05) is 36.1 Å². The highest BCUT2D eigenvalue weighted by Gasteiger charge is 2.40. The second-order valence-corrected chi connectivity index (χ2v) is 18.9. The number of halogens is 1. The molecule has 4 aliphatic heterocycles. The van der Waals surface area contributed by atoms with Crippen molar-refractivity contribution in [3.05, 3.63) is 88.7 Å². The quantitative estimate of drug-likeness (QED) is 0.136. The number of carbonyl (C=O) groups excluding carboxylic acids is 3.